The SMILES string of the molecule is Fc1ccc2c(c1)C(c1ccccc1)(c1ccnc(-n3c4ccccc4c4ccc(Oc5cccc(N6CN(c7c(-c8ccccc8)cccc7-c7ccccc7)c7ccccc76)c5)cc43)c1)c1ccccc1-2. The van der Waals surface area contributed by atoms with Crippen LogP contribution in [0.5, 0.6) is 11.5 Å². The van der Waals surface area contributed by atoms with Crippen molar-refractivity contribution in [3.63, 3.8) is 0 Å². The molecule has 10 aromatic carbocycles. The van der Waals surface area contributed by atoms with Gasteiger partial charge in [-0.1, -0.05) is 176 Å². The average molecular weight is 941 g/mol. The molecule has 6 heteroatoms. The van der Waals surface area contributed by atoms with Crippen molar-refractivity contribution in [1.29, 1.82) is 0 Å². The summed E-state index contributed by atoms with van der Waals surface area (Å²) >= 11 is 0. The van der Waals surface area contributed by atoms with Gasteiger partial charge in [0.05, 0.1) is 33.5 Å². The third kappa shape index (κ3) is 6.79. The Morgan fingerprint density at radius 3 is 1.82 bits per heavy atom. The molecule has 0 spiro atoms. The molecule has 2 aliphatic rings. The van der Waals surface area contributed by atoms with E-state index in [-0.39, 0.29) is 5.82 Å². The van der Waals surface area contributed by atoms with E-state index in [0.29, 0.717) is 12.4 Å². The van der Waals surface area contributed by atoms with Gasteiger partial charge in [-0.25, -0.2) is 9.37 Å². The number of aromatic nitrogens is 2. The van der Waals surface area contributed by atoms with Crippen LogP contribution in [0.15, 0.2) is 261 Å². The van der Waals surface area contributed by atoms with Crippen molar-refractivity contribution in [2.45, 2.75) is 5.41 Å². The second kappa shape index (κ2) is 17.1. The molecule has 1 unspecified atom stereocenters. The van der Waals surface area contributed by atoms with Crippen molar-refractivity contribution >= 4 is 44.6 Å². The van der Waals surface area contributed by atoms with E-state index in [4.69, 9.17) is 9.72 Å². The van der Waals surface area contributed by atoms with Crippen molar-refractivity contribution in [1.82, 2.24) is 9.55 Å². The molecule has 0 saturated carbocycles. The molecule has 14 rings (SSSR count). The second-order valence-corrected chi connectivity index (χ2v) is 18.8. The standard InChI is InChI=1S/C67H45FN4O/c68-49-34-36-56-55-26-10-12-30-59(55)67(60(56)41-49,47-22-8-3-9-23-47)48-38-39-69-65(40-48)72-61-31-13-11-27-57(61)58-37-35-52(43-64(58)72)73-51-25-16-24-50(42-51)70-44-71(63-33-15-14-32-62(63)70)66-53(45-18-4-1-5-19-45)28-17-29-54(66)46-20-6-2-7-21-46/h1-43H,44H2. The minimum atomic E-state index is -0.798. The Bertz CT molecular complexity index is 4020. The van der Waals surface area contributed by atoms with E-state index in [0.717, 1.165) is 89.5 Å². The maximum atomic E-state index is 15.5. The lowest BCUT2D eigenvalue weighted by Gasteiger charge is -2.34. The summed E-state index contributed by atoms with van der Waals surface area (Å²) in [5.74, 6) is 1.91. The van der Waals surface area contributed by atoms with Crippen molar-refractivity contribution in [3.8, 4) is 50.7 Å². The van der Waals surface area contributed by atoms with Crippen LogP contribution >= 0.6 is 0 Å². The van der Waals surface area contributed by atoms with E-state index in [2.05, 4.69) is 239 Å². The zero-order valence-corrected chi connectivity index (χ0v) is 39.6. The van der Waals surface area contributed by atoms with Crippen molar-refractivity contribution in [2.75, 3.05) is 16.5 Å². The fourth-order valence-electron chi connectivity index (χ4n) is 11.8. The minimum absolute atomic E-state index is 0.268. The van der Waals surface area contributed by atoms with Gasteiger partial charge >= 0.3 is 0 Å². The Hall–Kier alpha value is -9.52. The van der Waals surface area contributed by atoms with Crippen LogP contribution in [0, 0.1) is 5.82 Å². The van der Waals surface area contributed by atoms with Gasteiger partial charge in [0.2, 0.25) is 0 Å². The van der Waals surface area contributed by atoms with Gasteiger partial charge in [0, 0.05) is 45.9 Å². The lowest BCUT2D eigenvalue weighted by molar-refractivity contribution is 0.483. The van der Waals surface area contributed by atoms with Crippen LogP contribution in [0.4, 0.5) is 27.1 Å². The lowest BCUT2D eigenvalue weighted by atomic mass is 9.68. The highest BCUT2D eigenvalue weighted by atomic mass is 19.1. The molecular formula is C67H45FN4O. The minimum Gasteiger partial charge on any atom is -0.457 e. The first-order chi connectivity index (χ1) is 36.1. The average Bonchev–Trinajstić information content (AvgIpc) is 4.10. The number of pyridine rings is 1. The van der Waals surface area contributed by atoms with E-state index in [9.17, 15) is 0 Å². The van der Waals surface area contributed by atoms with Crippen molar-refractivity contribution < 1.29 is 9.13 Å². The van der Waals surface area contributed by atoms with Gasteiger partial charge in [-0.3, -0.25) is 4.57 Å². The molecule has 346 valence electrons. The molecule has 12 aromatic rings. The number of rotatable bonds is 9. The lowest BCUT2D eigenvalue weighted by Crippen LogP contribution is -2.29. The largest absolute Gasteiger partial charge is 0.457 e. The number of anilines is 4. The zero-order chi connectivity index (χ0) is 48.5. The smallest absolute Gasteiger partial charge is 0.137 e. The Morgan fingerprint density at radius 2 is 1.04 bits per heavy atom. The topological polar surface area (TPSA) is 33.5 Å². The Balaban J connectivity index is 0.857. The molecule has 5 nitrogen and oxygen atoms in total. The molecule has 3 heterocycles. The predicted molar refractivity (Wildman–Crippen MR) is 295 cm³/mol. The van der Waals surface area contributed by atoms with E-state index in [1.807, 2.05) is 24.4 Å². The molecule has 0 radical (unpaired) electrons. The summed E-state index contributed by atoms with van der Waals surface area (Å²) in [7, 11) is 0. The molecule has 2 aromatic heterocycles. The zero-order valence-electron chi connectivity index (χ0n) is 39.6. The summed E-state index contributed by atoms with van der Waals surface area (Å²) in [4.78, 5) is 9.93. The van der Waals surface area contributed by atoms with Gasteiger partial charge < -0.3 is 14.5 Å². The second-order valence-electron chi connectivity index (χ2n) is 18.8. The molecule has 0 bridgehead atoms. The highest BCUT2D eigenvalue weighted by Crippen LogP contribution is 2.57. The number of hydrogen-bond donors (Lipinski definition) is 0. The van der Waals surface area contributed by atoms with E-state index in [1.165, 1.54) is 22.3 Å². The molecule has 0 fully saturated rings. The monoisotopic (exact) mass is 940 g/mol. The summed E-state index contributed by atoms with van der Waals surface area (Å²) in [6.45, 7) is 0.599. The van der Waals surface area contributed by atoms with Crippen LogP contribution in [-0.4, -0.2) is 16.2 Å². The summed E-state index contributed by atoms with van der Waals surface area (Å²) in [6.07, 6.45) is 1.89. The highest BCUT2D eigenvalue weighted by Gasteiger charge is 2.46. The summed E-state index contributed by atoms with van der Waals surface area (Å²) in [6, 6.07) is 88.2. The van der Waals surface area contributed by atoms with E-state index in [1.54, 1.807) is 12.1 Å². The quantitative estimate of drug-likeness (QED) is 0.144. The van der Waals surface area contributed by atoms with Gasteiger partial charge in [0.25, 0.3) is 0 Å². The summed E-state index contributed by atoms with van der Waals surface area (Å²) in [5.41, 5.74) is 16.5. The molecule has 0 N–H and O–H groups in total. The molecule has 1 aliphatic heterocycles. The number of halogens is 1. The fourth-order valence-corrected chi connectivity index (χ4v) is 11.8. The Kier molecular flexibility index (Phi) is 9.93. The first-order valence-corrected chi connectivity index (χ1v) is 24.7. The normalized spacial score (nSPS) is 14.6. The van der Waals surface area contributed by atoms with Gasteiger partial charge in [0.1, 0.15) is 29.8 Å². The van der Waals surface area contributed by atoms with Crippen LogP contribution < -0.4 is 14.5 Å². The summed E-state index contributed by atoms with van der Waals surface area (Å²) < 4.78 is 24.7. The van der Waals surface area contributed by atoms with Gasteiger partial charge in [0.15, 0.2) is 0 Å². The fraction of sp³-hybridized carbons (Fsp3) is 0.0299. The van der Waals surface area contributed by atoms with Crippen LogP contribution in [0.2, 0.25) is 0 Å². The number of para-hydroxylation sites is 4. The van der Waals surface area contributed by atoms with Gasteiger partial charge in [-0.05, 0) is 111 Å². The first kappa shape index (κ1) is 42.4. The van der Waals surface area contributed by atoms with Crippen LogP contribution in [0.1, 0.15) is 22.3 Å². The molecular weight excluding hydrogens is 896 g/mol. The van der Waals surface area contributed by atoms with Crippen molar-refractivity contribution in [3.05, 3.63) is 289 Å². The Morgan fingerprint density at radius 1 is 0.425 bits per heavy atom. The molecule has 0 amide bonds. The maximum absolute atomic E-state index is 15.5. The molecule has 1 aliphatic carbocycles. The molecule has 1 atom stereocenters. The van der Waals surface area contributed by atoms with Crippen molar-refractivity contribution in [2.24, 2.45) is 0 Å². The van der Waals surface area contributed by atoms with Gasteiger partial charge in [-0.2, -0.15) is 0 Å². The van der Waals surface area contributed by atoms with E-state index < -0.39 is 5.41 Å². The molecule has 0 saturated heterocycles. The third-order valence-corrected chi connectivity index (χ3v) is 14.9. The van der Waals surface area contributed by atoms with Gasteiger partial charge in [-0.15, -0.1) is 0 Å². The van der Waals surface area contributed by atoms with Crippen LogP contribution in [0.25, 0.3) is 61.0 Å². The number of hydrogen-bond acceptors (Lipinski definition) is 4. The highest BCUT2D eigenvalue weighted by molar-refractivity contribution is 6.09. The van der Waals surface area contributed by atoms with Crippen LogP contribution in [0.3, 0.4) is 0 Å². The Labute approximate surface area is 422 Å². The maximum Gasteiger partial charge on any atom is 0.137 e. The summed E-state index contributed by atoms with van der Waals surface area (Å²) in [5, 5.41) is 2.19. The number of benzene rings is 10. The van der Waals surface area contributed by atoms with E-state index >= 15 is 4.39 Å². The molecule has 73 heavy (non-hydrogen) atoms. The number of fused-ring (bicyclic) bond motifs is 7. The van der Waals surface area contributed by atoms with Crippen LogP contribution in [-0.2, 0) is 5.41 Å². The predicted octanol–water partition coefficient (Wildman–Crippen LogP) is 17.1. The number of ether oxygens (including phenoxy) is 1. The third-order valence-electron chi connectivity index (χ3n) is 14.9. The number of nitrogens with zero attached hydrogens (tertiary/aromatic N) is 4. The first-order valence-electron chi connectivity index (χ1n) is 24.7.